The topological polar surface area (TPSA) is 95.2 Å². The van der Waals surface area contributed by atoms with Crippen molar-refractivity contribution in [2.24, 2.45) is 0 Å². The molecule has 2 aromatic rings. The smallest absolute Gasteiger partial charge is 0.262 e. The van der Waals surface area contributed by atoms with E-state index in [9.17, 15) is 13.2 Å². The summed E-state index contributed by atoms with van der Waals surface area (Å²) in [6, 6.07) is 4.90. The van der Waals surface area contributed by atoms with Gasteiger partial charge in [-0.3, -0.25) is 14.6 Å². The van der Waals surface area contributed by atoms with Crippen LogP contribution in [0.3, 0.4) is 0 Å². The van der Waals surface area contributed by atoms with E-state index in [4.69, 9.17) is 0 Å². The Balaban J connectivity index is 1.97. The van der Waals surface area contributed by atoms with Gasteiger partial charge in [0.25, 0.3) is 10.0 Å². The SMILES string of the molecule is CC(=O)N1c2ccc(S(=O)(=O)Nc3c(C)n[nH]c3C)cc2CC1C. The predicted molar refractivity (Wildman–Crippen MR) is 91.6 cm³/mol. The number of aromatic nitrogens is 2. The summed E-state index contributed by atoms with van der Waals surface area (Å²) < 4.78 is 27.9. The van der Waals surface area contributed by atoms with E-state index in [-0.39, 0.29) is 16.8 Å². The Kier molecular flexibility index (Phi) is 3.87. The molecule has 1 aromatic carbocycles. The number of carbonyl (C=O) groups is 1. The van der Waals surface area contributed by atoms with Crippen molar-refractivity contribution in [1.82, 2.24) is 10.2 Å². The first-order chi connectivity index (χ1) is 11.2. The molecule has 0 saturated heterocycles. The van der Waals surface area contributed by atoms with Gasteiger partial charge in [-0.05, 0) is 51.0 Å². The molecule has 0 saturated carbocycles. The Morgan fingerprint density at radius 1 is 1.38 bits per heavy atom. The maximum Gasteiger partial charge on any atom is 0.262 e. The van der Waals surface area contributed by atoms with Crippen molar-refractivity contribution >= 4 is 27.3 Å². The molecule has 128 valence electrons. The average molecular weight is 348 g/mol. The highest BCUT2D eigenvalue weighted by Crippen LogP contribution is 2.34. The van der Waals surface area contributed by atoms with Crippen molar-refractivity contribution < 1.29 is 13.2 Å². The zero-order valence-corrected chi connectivity index (χ0v) is 14.9. The van der Waals surface area contributed by atoms with Crippen molar-refractivity contribution in [2.45, 2.75) is 45.1 Å². The number of aromatic amines is 1. The predicted octanol–water partition coefficient (Wildman–Crippen LogP) is 2.12. The molecule has 3 rings (SSSR count). The summed E-state index contributed by atoms with van der Waals surface area (Å²) in [6.07, 6.45) is 0.641. The first-order valence-corrected chi connectivity index (χ1v) is 9.16. The van der Waals surface area contributed by atoms with Gasteiger partial charge in [0.1, 0.15) is 0 Å². The zero-order valence-electron chi connectivity index (χ0n) is 14.0. The van der Waals surface area contributed by atoms with Gasteiger partial charge in [-0.1, -0.05) is 0 Å². The van der Waals surface area contributed by atoms with E-state index in [0.29, 0.717) is 23.5 Å². The highest BCUT2D eigenvalue weighted by atomic mass is 32.2. The van der Waals surface area contributed by atoms with Gasteiger partial charge in [-0.15, -0.1) is 0 Å². The average Bonchev–Trinajstić information content (AvgIpc) is 2.99. The summed E-state index contributed by atoms with van der Waals surface area (Å²) in [5.41, 5.74) is 3.36. The molecule has 1 aliphatic heterocycles. The second-order valence-electron chi connectivity index (χ2n) is 6.15. The Morgan fingerprint density at radius 2 is 2.08 bits per heavy atom. The molecule has 1 unspecified atom stereocenters. The van der Waals surface area contributed by atoms with Gasteiger partial charge in [0, 0.05) is 18.7 Å². The number of hydrogen-bond acceptors (Lipinski definition) is 4. The van der Waals surface area contributed by atoms with Gasteiger partial charge in [-0.2, -0.15) is 5.10 Å². The lowest BCUT2D eigenvalue weighted by Crippen LogP contribution is -2.33. The molecule has 1 aromatic heterocycles. The van der Waals surface area contributed by atoms with Gasteiger partial charge in [-0.25, -0.2) is 8.42 Å². The third-order valence-corrected chi connectivity index (χ3v) is 5.63. The normalized spacial score (nSPS) is 17.0. The summed E-state index contributed by atoms with van der Waals surface area (Å²) in [7, 11) is -3.72. The van der Waals surface area contributed by atoms with Crippen molar-refractivity contribution in [3.63, 3.8) is 0 Å². The van der Waals surface area contributed by atoms with Crippen molar-refractivity contribution in [3.8, 4) is 0 Å². The van der Waals surface area contributed by atoms with E-state index in [1.54, 1.807) is 30.9 Å². The number of H-pyrrole nitrogens is 1. The molecule has 0 aliphatic carbocycles. The van der Waals surface area contributed by atoms with Gasteiger partial charge >= 0.3 is 0 Å². The van der Waals surface area contributed by atoms with E-state index in [1.165, 1.54) is 13.0 Å². The minimum Gasteiger partial charge on any atom is -0.309 e. The molecule has 0 radical (unpaired) electrons. The molecular weight excluding hydrogens is 328 g/mol. The molecule has 8 heteroatoms. The van der Waals surface area contributed by atoms with Crippen molar-refractivity contribution in [3.05, 3.63) is 35.2 Å². The quantitative estimate of drug-likeness (QED) is 0.888. The highest BCUT2D eigenvalue weighted by molar-refractivity contribution is 7.92. The molecule has 24 heavy (non-hydrogen) atoms. The van der Waals surface area contributed by atoms with Crippen LogP contribution in [-0.2, 0) is 21.2 Å². The van der Waals surface area contributed by atoms with Gasteiger partial charge in [0.05, 0.1) is 22.0 Å². The van der Waals surface area contributed by atoms with Crippen LogP contribution in [0.25, 0.3) is 0 Å². The van der Waals surface area contributed by atoms with E-state index < -0.39 is 10.0 Å². The molecule has 7 nitrogen and oxygen atoms in total. The number of benzene rings is 1. The van der Waals surface area contributed by atoms with Gasteiger partial charge in [0.15, 0.2) is 0 Å². The summed E-state index contributed by atoms with van der Waals surface area (Å²) in [6.45, 7) is 6.96. The van der Waals surface area contributed by atoms with Crippen LogP contribution in [0.15, 0.2) is 23.1 Å². The van der Waals surface area contributed by atoms with Crippen LogP contribution in [0.4, 0.5) is 11.4 Å². The fraction of sp³-hybridized carbons (Fsp3) is 0.375. The number of aryl methyl sites for hydroxylation is 2. The third kappa shape index (κ3) is 2.66. The molecule has 1 atom stereocenters. The van der Waals surface area contributed by atoms with Crippen LogP contribution < -0.4 is 9.62 Å². The number of amides is 1. The second kappa shape index (κ2) is 5.62. The number of hydrogen-bond donors (Lipinski definition) is 2. The number of nitrogens with zero attached hydrogens (tertiary/aromatic N) is 2. The Morgan fingerprint density at radius 3 is 2.67 bits per heavy atom. The number of sulfonamides is 1. The van der Waals surface area contributed by atoms with E-state index in [2.05, 4.69) is 14.9 Å². The number of rotatable bonds is 3. The molecule has 0 fully saturated rings. The summed E-state index contributed by atoms with van der Waals surface area (Å²) in [5, 5.41) is 6.75. The number of carbonyl (C=O) groups excluding carboxylic acids is 1. The van der Waals surface area contributed by atoms with Gasteiger partial charge in [0.2, 0.25) is 5.91 Å². The fourth-order valence-electron chi connectivity index (χ4n) is 3.15. The molecule has 1 aliphatic rings. The maximum atomic E-state index is 12.7. The van der Waals surface area contributed by atoms with Crippen molar-refractivity contribution in [2.75, 3.05) is 9.62 Å². The zero-order chi connectivity index (χ0) is 17.6. The fourth-order valence-corrected chi connectivity index (χ4v) is 4.38. The van der Waals surface area contributed by atoms with Crippen LogP contribution in [0.2, 0.25) is 0 Å². The first-order valence-electron chi connectivity index (χ1n) is 7.68. The summed E-state index contributed by atoms with van der Waals surface area (Å²) in [5.74, 6) is -0.0420. The van der Waals surface area contributed by atoms with Crippen LogP contribution in [0, 0.1) is 13.8 Å². The van der Waals surface area contributed by atoms with Gasteiger partial charge < -0.3 is 4.90 Å². The monoisotopic (exact) mass is 348 g/mol. The van der Waals surface area contributed by atoms with E-state index in [0.717, 1.165) is 11.3 Å². The Bertz CT molecular complexity index is 898. The van der Waals surface area contributed by atoms with E-state index >= 15 is 0 Å². The molecule has 2 N–H and O–H groups in total. The van der Waals surface area contributed by atoms with Crippen LogP contribution in [-0.4, -0.2) is 30.6 Å². The van der Waals surface area contributed by atoms with Crippen LogP contribution in [0.5, 0.6) is 0 Å². The minimum absolute atomic E-state index is 0.0294. The standard InChI is InChI=1S/C16H20N4O3S/c1-9-7-13-8-14(5-6-15(13)20(9)12(4)21)24(22,23)19-16-10(2)17-18-11(16)3/h5-6,8-9,19H,7H2,1-4H3,(H,17,18). The highest BCUT2D eigenvalue weighted by Gasteiger charge is 2.30. The molecule has 0 bridgehead atoms. The molecule has 1 amide bonds. The van der Waals surface area contributed by atoms with Crippen LogP contribution in [0.1, 0.15) is 30.8 Å². The van der Waals surface area contributed by atoms with Crippen molar-refractivity contribution in [1.29, 1.82) is 0 Å². The Hall–Kier alpha value is -2.35. The summed E-state index contributed by atoms with van der Waals surface area (Å²) >= 11 is 0. The van der Waals surface area contributed by atoms with Crippen LogP contribution >= 0.6 is 0 Å². The maximum absolute atomic E-state index is 12.7. The second-order valence-corrected chi connectivity index (χ2v) is 7.83. The lowest BCUT2D eigenvalue weighted by molar-refractivity contribution is -0.116. The molecular formula is C16H20N4O3S. The number of fused-ring (bicyclic) bond motifs is 1. The van der Waals surface area contributed by atoms with E-state index in [1.807, 2.05) is 6.92 Å². The minimum atomic E-state index is -3.72. The summed E-state index contributed by atoms with van der Waals surface area (Å²) in [4.78, 5) is 13.6. The number of anilines is 2. The largest absolute Gasteiger partial charge is 0.309 e. The lowest BCUT2D eigenvalue weighted by Gasteiger charge is -2.20. The Labute approximate surface area is 141 Å². The first kappa shape index (κ1) is 16.5. The molecule has 0 spiro atoms. The lowest BCUT2D eigenvalue weighted by atomic mass is 10.1. The molecule has 2 heterocycles. The third-order valence-electron chi connectivity index (χ3n) is 4.28. The number of nitrogens with one attached hydrogen (secondary N) is 2.